The number of rotatable bonds is 5. The number of carbonyl (C=O) groups is 1. The van der Waals surface area contributed by atoms with E-state index in [4.69, 9.17) is 0 Å². The first-order chi connectivity index (χ1) is 7.19. The highest BCUT2D eigenvalue weighted by Crippen LogP contribution is 2.15. The molecule has 1 N–H and O–H groups in total. The van der Waals surface area contributed by atoms with Gasteiger partial charge < -0.3 is 10.2 Å². The van der Waals surface area contributed by atoms with Crippen molar-refractivity contribution in [1.29, 1.82) is 0 Å². The molecule has 0 aliphatic rings. The van der Waals surface area contributed by atoms with E-state index >= 15 is 0 Å². The molecule has 0 spiro atoms. The largest absolute Gasteiger partial charge is 0.363 e. The van der Waals surface area contributed by atoms with E-state index in [1.165, 1.54) is 11.3 Å². The Balaban J connectivity index is 2.59. The number of hydrogen-bond donors (Lipinski definition) is 1. The van der Waals surface area contributed by atoms with Gasteiger partial charge in [-0.1, -0.05) is 24.7 Å². The molecule has 0 aliphatic carbocycles. The van der Waals surface area contributed by atoms with Gasteiger partial charge in [-0.05, 0) is 6.42 Å². The van der Waals surface area contributed by atoms with E-state index in [2.05, 4.69) is 22.4 Å². The van der Waals surface area contributed by atoms with Gasteiger partial charge in [-0.2, -0.15) is 0 Å². The Morgan fingerprint density at radius 3 is 2.80 bits per heavy atom. The summed E-state index contributed by atoms with van der Waals surface area (Å²) in [6, 6.07) is 0. The van der Waals surface area contributed by atoms with E-state index in [9.17, 15) is 4.79 Å². The summed E-state index contributed by atoms with van der Waals surface area (Å²) in [6.07, 6.45) is 2.09. The minimum atomic E-state index is -0.0533. The Kier molecular flexibility index (Phi) is 4.48. The first-order valence-corrected chi connectivity index (χ1v) is 5.77. The lowest BCUT2D eigenvalue weighted by molar-refractivity contribution is 0.0792. The monoisotopic (exact) mass is 228 g/mol. The van der Waals surface area contributed by atoms with Crippen LogP contribution in [-0.2, 0) is 0 Å². The summed E-state index contributed by atoms with van der Waals surface area (Å²) < 4.78 is 0. The molecule has 0 radical (unpaired) electrons. The minimum absolute atomic E-state index is 0.0533. The van der Waals surface area contributed by atoms with Crippen LogP contribution in [0.3, 0.4) is 0 Å². The van der Waals surface area contributed by atoms with Crippen molar-refractivity contribution >= 4 is 22.4 Å². The molecule has 0 aliphatic heterocycles. The number of unbranched alkanes of at least 4 members (excludes halogenated alkanes) is 1. The number of carbonyl (C=O) groups excluding carboxylic acids is 1. The number of anilines is 1. The summed E-state index contributed by atoms with van der Waals surface area (Å²) in [5.74, 6) is -0.0533. The Labute approximate surface area is 93.5 Å². The third kappa shape index (κ3) is 3.16. The molecule has 84 valence electrons. The Bertz CT molecular complexity index is 326. The summed E-state index contributed by atoms with van der Waals surface area (Å²) in [6.45, 7) is 2.87. The molecule has 1 aromatic rings. The molecule has 1 rings (SSSR count). The molecule has 0 bridgehead atoms. The average molecular weight is 228 g/mol. The van der Waals surface area contributed by atoms with Crippen LogP contribution in [0.15, 0.2) is 0 Å². The predicted molar refractivity (Wildman–Crippen MR) is 61.3 cm³/mol. The molecular formula is C9H16N4OS. The number of aromatic nitrogens is 2. The topological polar surface area (TPSA) is 58.1 Å². The van der Waals surface area contributed by atoms with Gasteiger partial charge >= 0.3 is 0 Å². The van der Waals surface area contributed by atoms with Crippen molar-refractivity contribution in [2.24, 2.45) is 0 Å². The quantitative estimate of drug-likeness (QED) is 0.828. The fourth-order valence-corrected chi connectivity index (χ4v) is 1.76. The second-order valence-corrected chi connectivity index (χ2v) is 4.22. The van der Waals surface area contributed by atoms with Crippen LogP contribution < -0.4 is 5.32 Å². The molecule has 0 unspecified atom stereocenters. The molecule has 0 aromatic carbocycles. The predicted octanol–water partition coefficient (Wildman–Crippen LogP) is 1.45. The first kappa shape index (κ1) is 11.9. The zero-order chi connectivity index (χ0) is 11.3. The third-order valence-electron chi connectivity index (χ3n) is 2.02. The van der Waals surface area contributed by atoms with Gasteiger partial charge in [0.25, 0.3) is 5.91 Å². The zero-order valence-electron chi connectivity index (χ0n) is 9.28. The smallest absolute Gasteiger partial charge is 0.284 e. The second kappa shape index (κ2) is 5.65. The van der Waals surface area contributed by atoms with Crippen molar-refractivity contribution in [3.05, 3.63) is 5.01 Å². The molecule has 1 aromatic heterocycles. The van der Waals surface area contributed by atoms with Crippen molar-refractivity contribution in [1.82, 2.24) is 15.1 Å². The number of hydrogen-bond acceptors (Lipinski definition) is 5. The van der Waals surface area contributed by atoms with Crippen molar-refractivity contribution in [2.45, 2.75) is 19.8 Å². The van der Waals surface area contributed by atoms with Crippen molar-refractivity contribution in [2.75, 3.05) is 26.0 Å². The van der Waals surface area contributed by atoms with Crippen LogP contribution in [0.2, 0.25) is 0 Å². The SMILES string of the molecule is CCCCN(C)C(=O)c1nnc(NC)s1. The van der Waals surface area contributed by atoms with Crippen LogP contribution in [-0.4, -0.2) is 41.6 Å². The lowest BCUT2D eigenvalue weighted by Crippen LogP contribution is -2.27. The van der Waals surface area contributed by atoms with Crippen LogP contribution in [0.1, 0.15) is 29.6 Å². The minimum Gasteiger partial charge on any atom is -0.363 e. The summed E-state index contributed by atoms with van der Waals surface area (Å²) in [7, 11) is 3.55. The maximum atomic E-state index is 11.8. The van der Waals surface area contributed by atoms with Crippen LogP contribution in [0, 0.1) is 0 Å². The van der Waals surface area contributed by atoms with E-state index in [1.807, 2.05) is 0 Å². The maximum absolute atomic E-state index is 11.8. The van der Waals surface area contributed by atoms with Gasteiger partial charge in [-0.3, -0.25) is 4.79 Å². The molecule has 1 heterocycles. The van der Waals surface area contributed by atoms with Gasteiger partial charge in [-0.15, -0.1) is 10.2 Å². The van der Waals surface area contributed by atoms with E-state index in [-0.39, 0.29) is 5.91 Å². The Morgan fingerprint density at radius 2 is 2.27 bits per heavy atom. The first-order valence-electron chi connectivity index (χ1n) is 4.95. The van der Waals surface area contributed by atoms with Gasteiger partial charge in [0, 0.05) is 20.6 Å². The molecule has 5 nitrogen and oxygen atoms in total. The molecule has 6 heteroatoms. The highest BCUT2D eigenvalue weighted by Gasteiger charge is 2.16. The number of nitrogens with zero attached hydrogens (tertiary/aromatic N) is 3. The van der Waals surface area contributed by atoms with E-state index in [1.54, 1.807) is 19.0 Å². The molecule has 0 atom stereocenters. The third-order valence-corrected chi connectivity index (χ3v) is 2.94. The fraction of sp³-hybridized carbons (Fsp3) is 0.667. The molecule has 0 saturated heterocycles. The number of nitrogens with one attached hydrogen (secondary N) is 1. The summed E-state index contributed by atoms with van der Waals surface area (Å²) >= 11 is 1.28. The highest BCUT2D eigenvalue weighted by molar-refractivity contribution is 7.17. The van der Waals surface area contributed by atoms with Crippen molar-refractivity contribution in [3.8, 4) is 0 Å². The standard InChI is InChI=1S/C9H16N4OS/c1-4-5-6-13(3)8(14)7-11-12-9(10-2)15-7/h4-6H2,1-3H3,(H,10,12). The van der Waals surface area contributed by atoms with Gasteiger partial charge in [0.2, 0.25) is 10.1 Å². The van der Waals surface area contributed by atoms with Gasteiger partial charge in [-0.25, -0.2) is 0 Å². The maximum Gasteiger partial charge on any atom is 0.284 e. The summed E-state index contributed by atoms with van der Waals surface area (Å²) in [5.41, 5.74) is 0. The van der Waals surface area contributed by atoms with E-state index < -0.39 is 0 Å². The average Bonchev–Trinajstić information content (AvgIpc) is 2.73. The molecule has 15 heavy (non-hydrogen) atoms. The fourth-order valence-electron chi connectivity index (χ4n) is 1.07. The molecule has 0 saturated carbocycles. The lowest BCUT2D eigenvalue weighted by atomic mass is 10.3. The lowest BCUT2D eigenvalue weighted by Gasteiger charge is -2.14. The summed E-state index contributed by atoms with van der Waals surface area (Å²) in [4.78, 5) is 13.5. The zero-order valence-corrected chi connectivity index (χ0v) is 10.1. The Morgan fingerprint density at radius 1 is 1.53 bits per heavy atom. The molecule has 1 amide bonds. The number of amides is 1. The van der Waals surface area contributed by atoms with Crippen LogP contribution >= 0.6 is 11.3 Å². The van der Waals surface area contributed by atoms with Gasteiger partial charge in [0.1, 0.15) is 0 Å². The van der Waals surface area contributed by atoms with Crippen LogP contribution in [0.25, 0.3) is 0 Å². The van der Waals surface area contributed by atoms with E-state index in [0.29, 0.717) is 10.1 Å². The van der Waals surface area contributed by atoms with Crippen LogP contribution in [0.4, 0.5) is 5.13 Å². The van der Waals surface area contributed by atoms with Gasteiger partial charge in [0.15, 0.2) is 0 Å². The van der Waals surface area contributed by atoms with Crippen LogP contribution in [0.5, 0.6) is 0 Å². The van der Waals surface area contributed by atoms with Crippen molar-refractivity contribution < 1.29 is 4.79 Å². The summed E-state index contributed by atoms with van der Waals surface area (Å²) in [5, 5.41) is 11.6. The second-order valence-electron chi connectivity index (χ2n) is 3.24. The Hall–Kier alpha value is -1.17. The normalized spacial score (nSPS) is 10.1. The van der Waals surface area contributed by atoms with E-state index in [0.717, 1.165) is 19.4 Å². The van der Waals surface area contributed by atoms with Crippen molar-refractivity contribution in [3.63, 3.8) is 0 Å². The molecule has 0 fully saturated rings. The molecular weight excluding hydrogens is 212 g/mol. The highest BCUT2D eigenvalue weighted by atomic mass is 32.1. The van der Waals surface area contributed by atoms with Gasteiger partial charge in [0.05, 0.1) is 0 Å².